The van der Waals surface area contributed by atoms with Gasteiger partial charge in [0.15, 0.2) is 9.84 Å². The van der Waals surface area contributed by atoms with E-state index in [1.165, 1.54) is 0 Å². The van der Waals surface area contributed by atoms with Gasteiger partial charge >= 0.3 is 0 Å². The second kappa shape index (κ2) is 5.68. The second-order valence-electron chi connectivity index (χ2n) is 6.31. The average Bonchev–Trinajstić information content (AvgIpc) is 2.37. The molecule has 2 N–H and O–H groups in total. The third-order valence-electron chi connectivity index (χ3n) is 4.83. The molecule has 19 heavy (non-hydrogen) atoms. The molecule has 6 heteroatoms. The standard InChI is InChI=1S/C13H27N3O2S/c1-15(2)12-4-7-16(8-5-12)13(10-14)6-3-9-19(17,18)11-13/h12H,3-11,14H2,1-2H3. The first-order valence-corrected chi connectivity index (χ1v) is 9.03. The molecule has 0 radical (unpaired) electrons. The molecule has 0 bridgehead atoms. The monoisotopic (exact) mass is 289 g/mol. The molecular formula is C13H27N3O2S. The summed E-state index contributed by atoms with van der Waals surface area (Å²) in [5.74, 6) is 0.589. The molecule has 1 unspecified atom stereocenters. The number of likely N-dealkylation sites (tertiary alicyclic amines) is 1. The Balaban J connectivity index is 2.07. The van der Waals surface area contributed by atoms with Gasteiger partial charge in [-0.05, 0) is 39.8 Å². The Hall–Kier alpha value is -0.170. The molecule has 0 amide bonds. The van der Waals surface area contributed by atoms with Crippen LogP contribution in [0.15, 0.2) is 0 Å². The Bertz CT molecular complexity index is 402. The Morgan fingerprint density at radius 3 is 2.42 bits per heavy atom. The van der Waals surface area contributed by atoms with Crippen LogP contribution in [0.3, 0.4) is 0 Å². The molecule has 0 aromatic rings. The van der Waals surface area contributed by atoms with Crippen molar-refractivity contribution < 1.29 is 8.42 Å². The number of hydrogen-bond donors (Lipinski definition) is 1. The van der Waals surface area contributed by atoms with Crippen molar-refractivity contribution in [3.8, 4) is 0 Å². The summed E-state index contributed by atoms with van der Waals surface area (Å²) in [5, 5.41) is 0. The maximum absolute atomic E-state index is 11.9. The summed E-state index contributed by atoms with van der Waals surface area (Å²) in [4.78, 5) is 4.62. The van der Waals surface area contributed by atoms with Crippen molar-refractivity contribution in [1.82, 2.24) is 9.80 Å². The Kier molecular flexibility index (Phi) is 4.55. The molecule has 2 rings (SSSR count). The van der Waals surface area contributed by atoms with Gasteiger partial charge in [-0.3, -0.25) is 4.90 Å². The van der Waals surface area contributed by atoms with Crippen molar-refractivity contribution in [1.29, 1.82) is 0 Å². The van der Waals surface area contributed by atoms with Crippen molar-refractivity contribution in [2.45, 2.75) is 37.3 Å². The number of piperidine rings is 1. The summed E-state index contributed by atoms with van der Waals surface area (Å²) in [6.07, 6.45) is 3.89. The lowest BCUT2D eigenvalue weighted by Gasteiger charge is -2.49. The van der Waals surface area contributed by atoms with Gasteiger partial charge < -0.3 is 10.6 Å². The van der Waals surface area contributed by atoms with Crippen LogP contribution in [0.25, 0.3) is 0 Å². The van der Waals surface area contributed by atoms with Gasteiger partial charge in [0, 0.05) is 31.2 Å². The Morgan fingerprint density at radius 1 is 1.32 bits per heavy atom. The van der Waals surface area contributed by atoms with Crippen LogP contribution in [0, 0.1) is 0 Å². The lowest BCUT2D eigenvalue weighted by molar-refractivity contribution is 0.0499. The van der Waals surface area contributed by atoms with E-state index in [1.54, 1.807) is 0 Å². The summed E-state index contributed by atoms with van der Waals surface area (Å²) in [5.41, 5.74) is 5.67. The molecule has 0 saturated carbocycles. The fourth-order valence-electron chi connectivity index (χ4n) is 3.57. The minimum Gasteiger partial charge on any atom is -0.329 e. The zero-order valence-electron chi connectivity index (χ0n) is 12.1. The van der Waals surface area contributed by atoms with Crippen LogP contribution in [-0.2, 0) is 9.84 Å². The summed E-state index contributed by atoms with van der Waals surface area (Å²) in [6, 6.07) is 0.617. The zero-order valence-corrected chi connectivity index (χ0v) is 13.0. The summed E-state index contributed by atoms with van der Waals surface area (Å²) >= 11 is 0. The van der Waals surface area contributed by atoms with E-state index >= 15 is 0 Å². The van der Waals surface area contributed by atoms with Gasteiger partial charge in [0.25, 0.3) is 0 Å². The minimum atomic E-state index is -2.91. The number of sulfone groups is 1. The molecule has 2 heterocycles. The molecule has 0 aromatic carbocycles. The van der Waals surface area contributed by atoms with Gasteiger partial charge in [0.2, 0.25) is 0 Å². The Morgan fingerprint density at radius 2 is 1.95 bits per heavy atom. The number of nitrogens with zero attached hydrogens (tertiary/aromatic N) is 2. The topological polar surface area (TPSA) is 66.6 Å². The molecule has 0 spiro atoms. The molecule has 0 aromatic heterocycles. The molecular weight excluding hydrogens is 262 g/mol. The highest BCUT2D eigenvalue weighted by Gasteiger charge is 2.43. The third-order valence-corrected chi connectivity index (χ3v) is 6.72. The van der Waals surface area contributed by atoms with Gasteiger partial charge in [-0.15, -0.1) is 0 Å². The van der Waals surface area contributed by atoms with E-state index in [0.717, 1.165) is 38.8 Å². The van der Waals surface area contributed by atoms with Gasteiger partial charge in [-0.2, -0.15) is 0 Å². The maximum Gasteiger partial charge on any atom is 0.152 e. The first-order chi connectivity index (χ1) is 8.88. The van der Waals surface area contributed by atoms with Gasteiger partial charge in [-0.1, -0.05) is 0 Å². The fraction of sp³-hybridized carbons (Fsp3) is 1.00. The van der Waals surface area contributed by atoms with Crippen LogP contribution in [0.1, 0.15) is 25.7 Å². The van der Waals surface area contributed by atoms with Crippen molar-refractivity contribution in [3.05, 3.63) is 0 Å². The Labute approximate surface area is 117 Å². The van der Waals surface area contributed by atoms with E-state index in [-0.39, 0.29) is 11.3 Å². The first kappa shape index (κ1) is 15.2. The summed E-state index contributed by atoms with van der Waals surface area (Å²) in [7, 11) is 1.32. The molecule has 2 fully saturated rings. The minimum absolute atomic E-state index is 0.253. The van der Waals surface area contributed by atoms with Crippen molar-refractivity contribution in [2.75, 3.05) is 45.2 Å². The van der Waals surface area contributed by atoms with Gasteiger partial charge in [0.1, 0.15) is 0 Å². The predicted molar refractivity (Wildman–Crippen MR) is 78.0 cm³/mol. The van der Waals surface area contributed by atoms with Crippen LogP contribution >= 0.6 is 0 Å². The summed E-state index contributed by atoms with van der Waals surface area (Å²) in [6.45, 7) is 2.39. The van der Waals surface area contributed by atoms with Crippen LogP contribution < -0.4 is 5.73 Å². The molecule has 2 aliphatic rings. The third kappa shape index (κ3) is 3.29. The van der Waals surface area contributed by atoms with E-state index in [4.69, 9.17) is 5.73 Å². The quantitative estimate of drug-likeness (QED) is 0.787. The highest BCUT2D eigenvalue weighted by atomic mass is 32.2. The average molecular weight is 289 g/mol. The van der Waals surface area contributed by atoms with E-state index in [9.17, 15) is 8.42 Å². The molecule has 2 saturated heterocycles. The van der Waals surface area contributed by atoms with Crippen molar-refractivity contribution in [2.24, 2.45) is 5.73 Å². The smallest absolute Gasteiger partial charge is 0.152 e. The van der Waals surface area contributed by atoms with Gasteiger partial charge in [-0.25, -0.2) is 8.42 Å². The maximum atomic E-state index is 11.9. The van der Waals surface area contributed by atoms with E-state index in [2.05, 4.69) is 23.9 Å². The van der Waals surface area contributed by atoms with E-state index in [1.807, 2.05) is 0 Å². The lowest BCUT2D eigenvalue weighted by Crippen LogP contribution is -2.62. The van der Waals surface area contributed by atoms with Crippen molar-refractivity contribution in [3.63, 3.8) is 0 Å². The molecule has 5 nitrogen and oxygen atoms in total. The number of nitrogens with two attached hydrogens (primary N) is 1. The molecule has 0 aliphatic carbocycles. The SMILES string of the molecule is CN(C)C1CCN(C2(CN)CCCS(=O)(=O)C2)CC1. The van der Waals surface area contributed by atoms with Crippen LogP contribution in [0.4, 0.5) is 0 Å². The number of hydrogen-bond acceptors (Lipinski definition) is 5. The van der Waals surface area contributed by atoms with Crippen LogP contribution in [-0.4, -0.2) is 75.0 Å². The first-order valence-electron chi connectivity index (χ1n) is 7.20. The van der Waals surface area contributed by atoms with Crippen LogP contribution in [0.5, 0.6) is 0 Å². The molecule has 1 atom stereocenters. The normalized spacial score (nSPS) is 33.7. The molecule has 2 aliphatic heterocycles. The lowest BCUT2D eigenvalue weighted by atomic mass is 9.89. The van der Waals surface area contributed by atoms with Crippen molar-refractivity contribution >= 4 is 9.84 Å². The summed E-state index contributed by atoms with van der Waals surface area (Å²) < 4.78 is 23.9. The molecule has 112 valence electrons. The van der Waals surface area contributed by atoms with E-state index in [0.29, 0.717) is 18.3 Å². The highest BCUT2D eigenvalue weighted by Crippen LogP contribution is 2.31. The largest absolute Gasteiger partial charge is 0.329 e. The second-order valence-corrected chi connectivity index (χ2v) is 8.49. The van der Waals surface area contributed by atoms with Crippen LogP contribution in [0.2, 0.25) is 0 Å². The highest BCUT2D eigenvalue weighted by molar-refractivity contribution is 7.91. The van der Waals surface area contributed by atoms with Gasteiger partial charge in [0.05, 0.1) is 11.5 Å². The predicted octanol–water partition coefficient (Wildman–Crippen LogP) is -0.0815. The number of rotatable bonds is 3. The van der Waals surface area contributed by atoms with E-state index < -0.39 is 9.84 Å². The fourth-order valence-corrected chi connectivity index (χ4v) is 5.56. The zero-order chi connectivity index (χ0) is 14.1.